The molecule has 4 aromatic rings. The number of benzene rings is 2. The monoisotopic (exact) mass is 487 g/mol. The van der Waals surface area contributed by atoms with Crippen molar-refractivity contribution in [2.24, 2.45) is 0 Å². The van der Waals surface area contributed by atoms with Gasteiger partial charge < -0.3 is 14.7 Å². The molecule has 1 N–H and O–H groups in total. The number of rotatable bonds is 7. The van der Waals surface area contributed by atoms with Crippen LogP contribution in [0.1, 0.15) is 21.8 Å². The third kappa shape index (κ3) is 5.42. The molecule has 0 aliphatic rings. The minimum Gasteiger partial charge on any atom is -0.350 e. The van der Waals surface area contributed by atoms with E-state index < -0.39 is 12.1 Å². The minimum absolute atomic E-state index is 0.241. The molecule has 2 heterocycles. The molecule has 0 atom stereocenters. The highest BCUT2D eigenvalue weighted by Crippen LogP contribution is 2.30. The fourth-order valence-corrected chi connectivity index (χ4v) is 3.91. The number of carbonyl (C=O) groups excluding carboxylic acids is 1. The summed E-state index contributed by atoms with van der Waals surface area (Å²) >= 11 is 1.51. The number of likely N-dealkylation sites (N-methyl/N-ethyl adjacent to an activating group) is 1. The second kappa shape index (κ2) is 9.64. The van der Waals surface area contributed by atoms with Crippen molar-refractivity contribution in [2.75, 3.05) is 25.0 Å². The Hall–Kier alpha value is -3.73. The van der Waals surface area contributed by atoms with Crippen LogP contribution in [0.15, 0.2) is 58.4 Å². The largest absolute Gasteiger partial charge is 0.471 e. The lowest BCUT2D eigenvalue weighted by Gasteiger charge is -2.16. The van der Waals surface area contributed by atoms with Crippen LogP contribution in [0.25, 0.3) is 22.6 Å². The number of amides is 1. The van der Waals surface area contributed by atoms with Crippen LogP contribution < -0.4 is 10.2 Å². The summed E-state index contributed by atoms with van der Waals surface area (Å²) in [6, 6.07) is 14.2. The number of halogens is 3. The van der Waals surface area contributed by atoms with Crippen LogP contribution in [0.5, 0.6) is 0 Å². The SMILES string of the molecule is Cc1ccc(-c2csc(N(C)CCNC(=O)c3cccc(-c4noc(C(F)(F)F)n4)c3)n2)cc1. The van der Waals surface area contributed by atoms with E-state index in [-0.39, 0.29) is 22.9 Å². The van der Waals surface area contributed by atoms with E-state index in [1.165, 1.54) is 29.0 Å². The predicted octanol–water partition coefficient (Wildman–Crippen LogP) is 5.05. The van der Waals surface area contributed by atoms with Crippen LogP contribution in [-0.4, -0.2) is 41.2 Å². The molecule has 0 radical (unpaired) electrons. The van der Waals surface area contributed by atoms with Crippen molar-refractivity contribution >= 4 is 22.4 Å². The van der Waals surface area contributed by atoms with Gasteiger partial charge in [-0.1, -0.05) is 47.1 Å². The molecule has 2 aromatic heterocycles. The van der Waals surface area contributed by atoms with E-state index >= 15 is 0 Å². The summed E-state index contributed by atoms with van der Waals surface area (Å²) in [7, 11) is 1.89. The van der Waals surface area contributed by atoms with Crippen molar-refractivity contribution in [1.82, 2.24) is 20.4 Å². The summed E-state index contributed by atoms with van der Waals surface area (Å²) in [6.45, 7) is 2.90. The van der Waals surface area contributed by atoms with Gasteiger partial charge in [-0.25, -0.2) is 4.98 Å². The van der Waals surface area contributed by atoms with Gasteiger partial charge in [-0.3, -0.25) is 4.79 Å². The number of carbonyl (C=O) groups is 1. The van der Waals surface area contributed by atoms with Crippen molar-refractivity contribution in [3.63, 3.8) is 0 Å². The number of nitrogens with zero attached hydrogens (tertiary/aromatic N) is 4. The summed E-state index contributed by atoms with van der Waals surface area (Å²) in [4.78, 5) is 22.5. The lowest BCUT2D eigenvalue weighted by molar-refractivity contribution is -0.159. The molecular weight excluding hydrogens is 467 g/mol. The molecule has 2 aromatic carbocycles. The first-order valence-electron chi connectivity index (χ1n) is 10.2. The third-order valence-corrected chi connectivity index (χ3v) is 5.91. The number of thiazole rings is 1. The van der Waals surface area contributed by atoms with E-state index in [4.69, 9.17) is 0 Å². The average molecular weight is 488 g/mol. The Balaban J connectivity index is 1.34. The molecule has 34 heavy (non-hydrogen) atoms. The standard InChI is InChI=1S/C23H20F3N5O2S/c1-14-6-8-15(9-7-14)18-13-34-22(28-18)31(2)11-10-27-20(32)17-5-3-4-16(12-17)19-29-21(33-30-19)23(24,25)26/h3-9,12-13H,10-11H2,1-2H3,(H,27,32). The van der Waals surface area contributed by atoms with Crippen molar-refractivity contribution in [3.8, 4) is 22.6 Å². The topological polar surface area (TPSA) is 84.2 Å². The number of hydrogen-bond donors (Lipinski definition) is 1. The van der Waals surface area contributed by atoms with Gasteiger partial charge >= 0.3 is 12.1 Å². The first-order valence-corrected chi connectivity index (χ1v) is 11.1. The van der Waals surface area contributed by atoms with Crippen molar-refractivity contribution in [3.05, 3.63) is 70.9 Å². The number of anilines is 1. The van der Waals surface area contributed by atoms with E-state index in [0.29, 0.717) is 13.1 Å². The van der Waals surface area contributed by atoms with E-state index in [1.807, 2.05) is 48.5 Å². The highest BCUT2D eigenvalue weighted by molar-refractivity contribution is 7.14. The summed E-state index contributed by atoms with van der Waals surface area (Å²) in [5.74, 6) is -2.04. The van der Waals surface area contributed by atoms with Gasteiger partial charge in [0.2, 0.25) is 5.82 Å². The smallest absolute Gasteiger partial charge is 0.350 e. The van der Waals surface area contributed by atoms with E-state index in [2.05, 4.69) is 25.0 Å². The van der Waals surface area contributed by atoms with E-state index in [0.717, 1.165) is 16.4 Å². The summed E-state index contributed by atoms with van der Waals surface area (Å²) in [5.41, 5.74) is 3.63. The van der Waals surface area contributed by atoms with Gasteiger partial charge in [0.05, 0.1) is 5.69 Å². The first-order chi connectivity index (χ1) is 16.2. The highest BCUT2D eigenvalue weighted by Gasteiger charge is 2.38. The maximum absolute atomic E-state index is 12.7. The van der Waals surface area contributed by atoms with E-state index in [1.54, 1.807) is 12.1 Å². The number of aromatic nitrogens is 3. The highest BCUT2D eigenvalue weighted by atomic mass is 32.1. The number of nitrogens with one attached hydrogen (secondary N) is 1. The molecule has 0 saturated carbocycles. The van der Waals surface area contributed by atoms with Crippen LogP contribution in [0.3, 0.4) is 0 Å². The van der Waals surface area contributed by atoms with Crippen LogP contribution >= 0.6 is 11.3 Å². The van der Waals surface area contributed by atoms with Crippen LogP contribution in [0, 0.1) is 6.92 Å². The molecule has 7 nitrogen and oxygen atoms in total. The number of hydrogen-bond acceptors (Lipinski definition) is 7. The molecule has 0 aliphatic heterocycles. The lowest BCUT2D eigenvalue weighted by atomic mass is 10.1. The number of aryl methyl sites for hydroxylation is 1. The average Bonchev–Trinajstić information content (AvgIpc) is 3.50. The van der Waals surface area contributed by atoms with Crippen molar-refractivity contribution in [1.29, 1.82) is 0 Å². The zero-order valence-corrected chi connectivity index (χ0v) is 19.1. The molecule has 176 valence electrons. The zero-order chi connectivity index (χ0) is 24.3. The Morgan fingerprint density at radius 3 is 2.59 bits per heavy atom. The Morgan fingerprint density at radius 2 is 1.88 bits per heavy atom. The Morgan fingerprint density at radius 1 is 1.12 bits per heavy atom. The van der Waals surface area contributed by atoms with Gasteiger partial charge in [0.15, 0.2) is 5.13 Å². The second-order valence-electron chi connectivity index (χ2n) is 7.56. The Kier molecular flexibility index (Phi) is 6.64. The fourth-order valence-electron chi connectivity index (χ4n) is 3.09. The zero-order valence-electron chi connectivity index (χ0n) is 18.3. The normalized spacial score (nSPS) is 11.4. The quantitative estimate of drug-likeness (QED) is 0.393. The van der Waals surface area contributed by atoms with E-state index in [9.17, 15) is 18.0 Å². The first kappa shape index (κ1) is 23.4. The van der Waals surface area contributed by atoms with Crippen LogP contribution in [0.4, 0.5) is 18.3 Å². The second-order valence-corrected chi connectivity index (χ2v) is 8.40. The molecule has 0 bridgehead atoms. The third-order valence-electron chi connectivity index (χ3n) is 4.95. The maximum Gasteiger partial charge on any atom is 0.471 e. The molecular formula is C23H20F3N5O2S. The van der Waals surface area contributed by atoms with Gasteiger partial charge in [0.25, 0.3) is 5.91 Å². The van der Waals surface area contributed by atoms with Crippen molar-refractivity contribution < 1.29 is 22.5 Å². The molecule has 0 spiro atoms. The Labute approximate surface area is 197 Å². The number of alkyl halides is 3. The molecule has 11 heteroatoms. The summed E-state index contributed by atoms with van der Waals surface area (Å²) in [5, 5.41) is 8.97. The summed E-state index contributed by atoms with van der Waals surface area (Å²) < 4.78 is 42.3. The van der Waals surface area contributed by atoms with Gasteiger partial charge in [-0.05, 0) is 19.1 Å². The molecule has 0 fully saturated rings. The summed E-state index contributed by atoms with van der Waals surface area (Å²) in [6.07, 6.45) is -4.73. The predicted molar refractivity (Wildman–Crippen MR) is 123 cm³/mol. The van der Waals surface area contributed by atoms with Crippen molar-refractivity contribution in [2.45, 2.75) is 13.1 Å². The molecule has 0 aliphatic carbocycles. The molecule has 1 amide bonds. The van der Waals surface area contributed by atoms with Gasteiger partial charge in [0.1, 0.15) is 0 Å². The fraction of sp³-hybridized carbons (Fsp3) is 0.217. The Bertz CT molecular complexity index is 1280. The van der Waals surface area contributed by atoms with Gasteiger partial charge in [-0.15, -0.1) is 11.3 Å². The van der Waals surface area contributed by atoms with Crippen LogP contribution in [0.2, 0.25) is 0 Å². The van der Waals surface area contributed by atoms with Crippen LogP contribution in [-0.2, 0) is 6.18 Å². The lowest BCUT2D eigenvalue weighted by Crippen LogP contribution is -2.32. The molecule has 0 saturated heterocycles. The minimum atomic E-state index is -4.73. The maximum atomic E-state index is 12.7. The molecule has 4 rings (SSSR count). The van der Waals surface area contributed by atoms with Gasteiger partial charge in [-0.2, -0.15) is 18.2 Å². The van der Waals surface area contributed by atoms with Gasteiger partial charge in [0, 0.05) is 42.2 Å². The molecule has 0 unspecified atom stereocenters.